The number of unbranched alkanes of at least 4 members (excludes halogenated alkanes) is 8. The average Bonchev–Trinajstić information content (AvgIpc) is 2.10. The van der Waals surface area contributed by atoms with Gasteiger partial charge in [-0.25, -0.2) is 0 Å². The molecular weight excluding hydrogens is 355 g/mol. The third kappa shape index (κ3) is 15.6. The molecule has 0 saturated heterocycles. The van der Waals surface area contributed by atoms with Crippen molar-refractivity contribution >= 4 is 27.3 Å². The van der Waals surface area contributed by atoms with Crippen LogP contribution in [0.2, 0.25) is 0 Å². The number of hydrogen-bond acceptors (Lipinski definition) is 1. The molecule has 0 rings (SSSR count). The molecule has 0 aliphatic heterocycles. The minimum atomic E-state index is 0. The van der Waals surface area contributed by atoms with Crippen LogP contribution < -0.4 is 0 Å². The molecule has 0 unspecified atom stereocenters. The van der Waals surface area contributed by atoms with Gasteiger partial charge in [-0.1, -0.05) is 58.3 Å². The summed E-state index contributed by atoms with van der Waals surface area (Å²) in [5.74, 6) is 0. The summed E-state index contributed by atoms with van der Waals surface area (Å²) in [4.78, 5) is 0. The van der Waals surface area contributed by atoms with Crippen LogP contribution in [0, 0.1) is 0 Å². The first-order chi connectivity index (χ1) is 5.91. The van der Waals surface area contributed by atoms with Gasteiger partial charge in [0.05, 0.1) is 0 Å². The van der Waals surface area contributed by atoms with E-state index in [-0.39, 0.29) is 27.3 Å². The van der Waals surface area contributed by atoms with E-state index in [4.69, 9.17) is 5.11 Å². The van der Waals surface area contributed by atoms with Crippen molar-refractivity contribution in [2.75, 3.05) is 6.61 Å². The van der Waals surface area contributed by atoms with E-state index in [1.807, 2.05) is 0 Å². The summed E-state index contributed by atoms with van der Waals surface area (Å²) in [6.07, 6.45) is 11.8. The molecule has 2 heteroatoms. The molecule has 0 aliphatic rings. The maximum absolute atomic E-state index is 8.54. The molecule has 0 aromatic heterocycles. The van der Waals surface area contributed by atoms with Crippen molar-refractivity contribution < 1.29 is 5.11 Å². The fourth-order valence-electron chi connectivity index (χ4n) is 1.42. The van der Waals surface area contributed by atoms with E-state index >= 15 is 0 Å². The quantitative estimate of drug-likeness (QED) is 0.482. The van der Waals surface area contributed by atoms with Gasteiger partial charge in [0, 0.05) is 33.9 Å². The zero-order chi connectivity index (χ0) is 9.07. The van der Waals surface area contributed by atoms with Gasteiger partial charge in [-0.2, -0.15) is 0 Å². The van der Waals surface area contributed by atoms with Gasteiger partial charge in [0.1, 0.15) is 0 Å². The summed E-state index contributed by atoms with van der Waals surface area (Å²) in [5.41, 5.74) is 0. The fourth-order valence-corrected chi connectivity index (χ4v) is 1.42. The first-order valence-electron chi connectivity index (χ1n) is 5.52. The molecule has 0 bridgehead atoms. The van der Waals surface area contributed by atoms with Crippen LogP contribution in [0.15, 0.2) is 0 Å². The van der Waals surface area contributed by atoms with E-state index in [0.717, 1.165) is 6.42 Å². The van der Waals surface area contributed by atoms with Gasteiger partial charge in [0.15, 0.2) is 0 Å². The van der Waals surface area contributed by atoms with Crippen LogP contribution in [0.3, 0.4) is 0 Å². The molecule has 0 fully saturated rings. The third-order valence-corrected chi connectivity index (χ3v) is 2.26. The zero-order valence-corrected chi connectivity index (χ0v) is 12.9. The molecule has 1 nitrogen and oxygen atoms in total. The SMILES string of the molecule is CCCCCCCCCCCO.[Pb]. The average molecular weight is 380 g/mol. The molecule has 0 aliphatic carbocycles. The van der Waals surface area contributed by atoms with Crippen molar-refractivity contribution in [1.29, 1.82) is 0 Å². The molecule has 0 aromatic rings. The van der Waals surface area contributed by atoms with E-state index in [1.165, 1.54) is 51.4 Å². The van der Waals surface area contributed by atoms with Gasteiger partial charge in [-0.15, -0.1) is 0 Å². The van der Waals surface area contributed by atoms with Gasteiger partial charge >= 0.3 is 0 Å². The van der Waals surface area contributed by atoms with Gasteiger partial charge in [-0.3, -0.25) is 0 Å². The summed E-state index contributed by atoms with van der Waals surface area (Å²) in [6.45, 7) is 2.62. The topological polar surface area (TPSA) is 20.2 Å². The van der Waals surface area contributed by atoms with Crippen molar-refractivity contribution in [3.63, 3.8) is 0 Å². The van der Waals surface area contributed by atoms with Crippen LogP contribution in [-0.2, 0) is 0 Å². The number of aliphatic hydroxyl groups is 1. The maximum atomic E-state index is 8.54. The van der Waals surface area contributed by atoms with Gasteiger partial charge in [0.2, 0.25) is 0 Å². The summed E-state index contributed by atoms with van der Waals surface area (Å²) in [7, 11) is 0. The molecule has 0 spiro atoms. The third-order valence-electron chi connectivity index (χ3n) is 2.26. The Kier molecular flexibility index (Phi) is 19.3. The Bertz CT molecular complexity index is 66.5. The first-order valence-corrected chi connectivity index (χ1v) is 5.52. The van der Waals surface area contributed by atoms with E-state index in [2.05, 4.69) is 6.92 Å². The number of hydrogen-bond donors (Lipinski definition) is 1. The van der Waals surface area contributed by atoms with E-state index in [1.54, 1.807) is 0 Å². The summed E-state index contributed by atoms with van der Waals surface area (Å²) >= 11 is 0. The molecule has 4 radical (unpaired) electrons. The predicted molar refractivity (Wildman–Crippen MR) is 60.1 cm³/mol. The molecule has 13 heavy (non-hydrogen) atoms. The largest absolute Gasteiger partial charge is 0.396 e. The molecule has 78 valence electrons. The minimum absolute atomic E-state index is 0. The Morgan fingerprint density at radius 2 is 1.08 bits per heavy atom. The van der Waals surface area contributed by atoms with E-state index < -0.39 is 0 Å². The van der Waals surface area contributed by atoms with Crippen LogP contribution in [0.25, 0.3) is 0 Å². The molecule has 1 N–H and O–H groups in total. The predicted octanol–water partition coefficient (Wildman–Crippen LogP) is 3.13. The zero-order valence-electron chi connectivity index (χ0n) is 9.02. The maximum Gasteiger partial charge on any atom is 0.0431 e. The molecular formula is C11H24OPb. The van der Waals surface area contributed by atoms with E-state index in [9.17, 15) is 0 Å². The summed E-state index contributed by atoms with van der Waals surface area (Å²) in [6, 6.07) is 0. The summed E-state index contributed by atoms with van der Waals surface area (Å²) < 4.78 is 0. The van der Waals surface area contributed by atoms with Crippen molar-refractivity contribution in [2.24, 2.45) is 0 Å². The Balaban J connectivity index is 0. The van der Waals surface area contributed by atoms with Crippen molar-refractivity contribution in [2.45, 2.75) is 64.7 Å². The van der Waals surface area contributed by atoms with Gasteiger partial charge < -0.3 is 5.11 Å². The van der Waals surface area contributed by atoms with Crippen LogP contribution in [0.5, 0.6) is 0 Å². The van der Waals surface area contributed by atoms with Crippen molar-refractivity contribution in [1.82, 2.24) is 0 Å². The molecule has 0 heterocycles. The second-order valence-corrected chi connectivity index (χ2v) is 3.55. The number of aliphatic hydroxyl groups excluding tert-OH is 1. The van der Waals surface area contributed by atoms with Crippen LogP contribution in [0.1, 0.15) is 64.7 Å². The summed E-state index contributed by atoms with van der Waals surface area (Å²) in [5, 5.41) is 8.54. The standard InChI is InChI=1S/C11H24O.Pb/c1-2-3-4-5-6-7-8-9-10-11-12;/h12H,2-11H2,1H3;. The van der Waals surface area contributed by atoms with Gasteiger partial charge in [-0.05, 0) is 6.42 Å². The van der Waals surface area contributed by atoms with Crippen LogP contribution in [-0.4, -0.2) is 39.0 Å². The van der Waals surface area contributed by atoms with Crippen molar-refractivity contribution in [3.8, 4) is 0 Å². The molecule has 0 saturated carbocycles. The first kappa shape index (κ1) is 16.3. The second kappa shape index (κ2) is 15.4. The molecule has 0 amide bonds. The Morgan fingerprint density at radius 1 is 0.692 bits per heavy atom. The normalized spacial score (nSPS) is 9.69. The Labute approximate surface area is 103 Å². The number of rotatable bonds is 9. The van der Waals surface area contributed by atoms with E-state index in [0.29, 0.717) is 6.61 Å². The second-order valence-electron chi connectivity index (χ2n) is 3.55. The molecule has 0 atom stereocenters. The van der Waals surface area contributed by atoms with Crippen LogP contribution in [0.4, 0.5) is 0 Å². The van der Waals surface area contributed by atoms with Gasteiger partial charge in [0.25, 0.3) is 0 Å². The monoisotopic (exact) mass is 380 g/mol. The smallest absolute Gasteiger partial charge is 0.0431 e. The fraction of sp³-hybridized carbons (Fsp3) is 1.00. The Morgan fingerprint density at radius 3 is 1.46 bits per heavy atom. The minimum Gasteiger partial charge on any atom is -0.396 e. The molecule has 0 aromatic carbocycles. The van der Waals surface area contributed by atoms with Crippen LogP contribution >= 0.6 is 0 Å². The van der Waals surface area contributed by atoms with Crippen molar-refractivity contribution in [3.05, 3.63) is 0 Å². The Hall–Kier alpha value is 0.882.